The van der Waals surface area contributed by atoms with Crippen molar-refractivity contribution in [2.75, 3.05) is 13.2 Å². The maximum atomic E-state index is 11.7. The number of ether oxygens (including phenoxy) is 2. The predicted octanol–water partition coefficient (Wildman–Crippen LogP) is 2.03. The van der Waals surface area contributed by atoms with E-state index < -0.39 is 5.91 Å². The van der Waals surface area contributed by atoms with Crippen molar-refractivity contribution in [1.29, 1.82) is 0 Å². The number of hydrazone groups is 1. The fraction of sp³-hybridized carbons (Fsp3) is 0.176. The first-order chi connectivity index (χ1) is 11.6. The van der Waals surface area contributed by atoms with Gasteiger partial charge in [-0.05, 0) is 42.8 Å². The second-order valence-electron chi connectivity index (χ2n) is 4.71. The van der Waals surface area contributed by atoms with Crippen LogP contribution in [0, 0.1) is 0 Å². The molecule has 2 aromatic rings. The van der Waals surface area contributed by atoms with Crippen LogP contribution in [0.1, 0.15) is 12.5 Å². The minimum Gasteiger partial charge on any atom is -0.504 e. The number of phenolic OH excluding ortho intramolecular Hbond substituents is 2. The Kier molecular flexibility index (Phi) is 6.01. The Balaban J connectivity index is 1.85. The summed E-state index contributed by atoms with van der Waals surface area (Å²) in [5.74, 6) is 0.108. The van der Waals surface area contributed by atoms with Crippen molar-refractivity contribution >= 4 is 12.1 Å². The average molecular weight is 330 g/mol. The first-order valence-corrected chi connectivity index (χ1v) is 7.28. The number of rotatable bonds is 7. The van der Waals surface area contributed by atoms with Gasteiger partial charge in [-0.1, -0.05) is 12.1 Å². The number of hydrogen-bond acceptors (Lipinski definition) is 6. The third-order valence-corrected chi connectivity index (χ3v) is 2.91. The van der Waals surface area contributed by atoms with Crippen molar-refractivity contribution in [2.24, 2.45) is 5.10 Å². The van der Waals surface area contributed by atoms with Crippen LogP contribution in [-0.2, 0) is 4.79 Å². The molecule has 2 rings (SSSR count). The average Bonchev–Trinajstić information content (AvgIpc) is 2.57. The summed E-state index contributed by atoms with van der Waals surface area (Å²) < 4.78 is 10.8. The lowest BCUT2D eigenvalue weighted by Gasteiger charge is -2.10. The van der Waals surface area contributed by atoms with Gasteiger partial charge in [-0.15, -0.1) is 0 Å². The number of para-hydroxylation sites is 2. The minimum atomic E-state index is -0.444. The normalized spacial score (nSPS) is 10.5. The fourth-order valence-corrected chi connectivity index (χ4v) is 1.82. The number of aromatic hydroxyl groups is 2. The summed E-state index contributed by atoms with van der Waals surface area (Å²) in [6.07, 6.45) is 1.34. The number of hydrogen-bond donors (Lipinski definition) is 3. The number of benzene rings is 2. The highest BCUT2D eigenvalue weighted by Crippen LogP contribution is 2.26. The van der Waals surface area contributed by atoms with Crippen molar-refractivity contribution in [1.82, 2.24) is 5.43 Å². The third kappa shape index (κ3) is 4.91. The number of nitrogens with zero attached hydrogens (tertiary/aromatic N) is 1. The molecule has 0 saturated carbocycles. The molecule has 0 aromatic heterocycles. The fourth-order valence-electron chi connectivity index (χ4n) is 1.82. The Morgan fingerprint density at radius 2 is 1.83 bits per heavy atom. The van der Waals surface area contributed by atoms with Crippen molar-refractivity contribution in [3.8, 4) is 23.0 Å². The van der Waals surface area contributed by atoms with Gasteiger partial charge in [0, 0.05) is 0 Å². The molecule has 7 heteroatoms. The van der Waals surface area contributed by atoms with Crippen LogP contribution in [-0.4, -0.2) is 35.5 Å². The third-order valence-electron chi connectivity index (χ3n) is 2.91. The quantitative estimate of drug-likeness (QED) is 0.410. The lowest BCUT2D eigenvalue weighted by atomic mass is 10.2. The minimum absolute atomic E-state index is 0.220. The highest BCUT2D eigenvalue weighted by atomic mass is 16.5. The van der Waals surface area contributed by atoms with Crippen LogP contribution < -0.4 is 14.9 Å². The summed E-state index contributed by atoms with van der Waals surface area (Å²) in [4.78, 5) is 11.7. The molecule has 0 fully saturated rings. The van der Waals surface area contributed by atoms with Gasteiger partial charge >= 0.3 is 0 Å². The van der Waals surface area contributed by atoms with E-state index >= 15 is 0 Å². The van der Waals surface area contributed by atoms with Gasteiger partial charge in [0.25, 0.3) is 5.91 Å². The van der Waals surface area contributed by atoms with E-state index in [4.69, 9.17) is 9.47 Å². The zero-order valence-corrected chi connectivity index (χ0v) is 13.1. The Bertz CT molecular complexity index is 731. The van der Waals surface area contributed by atoms with E-state index in [1.807, 2.05) is 13.0 Å². The van der Waals surface area contributed by atoms with Gasteiger partial charge in [0.15, 0.2) is 29.6 Å². The molecule has 0 saturated heterocycles. The second-order valence-corrected chi connectivity index (χ2v) is 4.71. The van der Waals surface area contributed by atoms with Gasteiger partial charge in [0.05, 0.1) is 12.8 Å². The molecule has 0 spiro atoms. The smallest absolute Gasteiger partial charge is 0.277 e. The van der Waals surface area contributed by atoms with Gasteiger partial charge in [0.2, 0.25) is 0 Å². The Hall–Kier alpha value is -3.22. The lowest BCUT2D eigenvalue weighted by Crippen LogP contribution is -2.24. The molecule has 0 aliphatic carbocycles. The number of carbonyl (C=O) groups is 1. The number of nitrogens with one attached hydrogen (secondary N) is 1. The van der Waals surface area contributed by atoms with Crippen LogP contribution in [0.4, 0.5) is 0 Å². The Morgan fingerprint density at radius 1 is 1.12 bits per heavy atom. The molecule has 0 bridgehead atoms. The van der Waals surface area contributed by atoms with Crippen LogP contribution in [0.5, 0.6) is 23.0 Å². The van der Waals surface area contributed by atoms with Gasteiger partial charge in [-0.3, -0.25) is 4.79 Å². The van der Waals surface area contributed by atoms with E-state index in [9.17, 15) is 15.0 Å². The molecule has 0 aliphatic heterocycles. The number of carbonyl (C=O) groups excluding carboxylic acids is 1. The molecule has 2 aromatic carbocycles. The van der Waals surface area contributed by atoms with E-state index in [0.29, 0.717) is 23.7 Å². The SMILES string of the molecule is CCOc1ccccc1OCC(=O)NN=Cc1ccc(O)c(O)c1. The van der Waals surface area contributed by atoms with Crippen LogP contribution in [0.2, 0.25) is 0 Å². The summed E-state index contributed by atoms with van der Waals surface area (Å²) >= 11 is 0. The van der Waals surface area contributed by atoms with Gasteiger partial charge in [-0.25, -0.2) is 5.43 Å². The van der Waals surface area contributed by atoms with Crippen molar-refractivity contribution < 1.29 is 24.5 Å². The maximum Gasteiger partial charge on any atom is 0.277 e. The van der Waals surface area contributed by atoms with Gasteiger partial charge in [-0.2, -0.15) is 5.10 Å². The van der Waals surface area contributed by atoms with E-state index in [-0.39, 0.29) is 18.1 Å². The molecule has 0 atom stereocenters. The van der Waals surface area contributed by atoms with Crippen LogP contribution >= 0.6 is 0 Å². The number of phenols is 2. The van der Waals surface area contributed by atoms with Crippen LogP contribution in [0.25, 0.3) is 0 Å². The van der Waals surface area contributed by atoms with Gasteiger partial charge < -0.3 is 19.7 Å². The lowest BCUT2D eigenvalue weighted by molar-refractivity contribution is -0.123. The first kappa shape index (κ1) is 17.1. The van der Waals surface area contributed by atoms with Crippen molar-refractivity contribution in [3.63, 3.8) is 0 Å². The molecule has 0 unspecified atom stereocenters. The largest absolute Gasteiger partial charge is 0.504 e. The Labute approximate surface area is 139 Å². The van der Waals surface area contributed by atoms with E-state index in [2.05, 4.69) is 10.5 Å². The molecular weight excluding hydrogens is 312 g/mol. The second kappa shape index (κ2) is 8.42. The molecule has 24 heavy (non-hydrogen) atoms. The van der Waals surface area contributed by atoms with E-state index in [0.717, 1.165) is 0 Å². The summed E-state index contributed by atoms with van der Waals surface area (Å²) in [7, 11) is 0. The first-order valence-electron chi connectivity index (χ1n) is 7.28. The summed E-state index contributed by atoms with van der Waals surface area (Å²) in [6.45, 7) is 2.14. The summed E-state index contributed by atoms with van der Waals surface area (Å²) in [5.41, 5.74) is 2.83. The zero-order valence-electron chi connectivity index (χ0n) is 13.1. The summed E-state index contributed by atoms with van der Waals surface area (Å²) in [5, 5.41) is 22.3. The Morgan fingerprint density at radius 3 is 2.50 bits per heavy atom. The van der Waals surface area contributed by atoms with E-state index in [1.54, 1.807) is 24.3 Å². The van der Waals surface area contributed by atoms with Crippen molar-refractivity contribution in [3.05, 3.63) is 48.0 Å². The molecule has 1 amide bonds. The monoisotopic (exact) mass is 330 g/mol. The van der Waals surface area contributed by atoms with Crippen LogP contribution in [0.3, 0.4) is 0 Å². The molecule has 3 N–H and O–H groups in total. The molecule has 126 valence electrons. The molecule has 0 heterocycles. The standard InChI is InChI=1S/C17H18N2O5/c1-2-23-15-5-3-4-6-16(15)24-11-17(22)19-18-10-12-7-8-13(20)14(21)9-12/h3-10,20-21H,2,11H2,1H3,(H,19,22). The highest BCUT2D eigenvalue weighted by Gasteiger charge is 2.06. The number of amides is 1. The molecule has 7 nitrogen and oxygen atoms in total. The van der Waals surface area contributed by atoms with Crippen molar-refractivity contribution in [2.45, 2.75) is 6.92 Å². The topological polar surface area (TPSA) is 100 Å². The maximum absolute atomic E-state index is 11.7. The van der Waals surface area contributed by atoms with Crippen LogP contribution in [0.15, 0.2) is 47.6 Å². The predicted molar refractivity (Wildman–Crippen MR) is 88.6 cm³/mol. The summed E-state index contributed by atoms with van der Waals surface area (Å²) in [6, 6.07) is 11.2. The zero-order chi connectivity index (χ0) is 17.4. The molecule has 0 radical (unpaired) electrons. The highest BCUT2D eigenvalue weighted by molar-refractivity contribution is 5.83. The molecular formula is C17H18N2O5. The molecule has 0 aliphatic rings. The van der Waals surface area contributed by atoms with E-state index in [1.165, 1.54) is 18.3 Å². The van der Waals surface area contributed by atoms with Gasteiger partial charge in [0.1, 0.15) is 0 Å².